The number of fused-ring (bicyclic) bond motifs is 1. The van der Waals surface area contributed by atoms with E-state index in [1.807, 2.05) is 6.07 Å². The standard InChI is InChI=1S/C30H38N4O/c1-18-12-19(2)32-27(31-18)34-16-21-15-29-7-6-24(34)26(21)30(29)10-11-33(17-28(3)8-9-28)25(29)13-20-4-5-22(35)14-23(20)30/h4-5,12,14,21,24-26,35H,6-11,13,15-17H2,1-3H3/t21-,24?,25-,26?,29-,30+/m1/s1. The largest absolute Gasteiger partial charge is 0.508 e. The third-order valence-corrected chi connectivity index (χ3v) is 11.5. The Bertz CT molecular complexity index is 1220. The molecule has 8 rings (SSSR count). The molecule has 1 aromatic carbocycles. The van der Waals surface area contributed by atoms with Crippen molar-refractivity contribution in [1.82, 2.24) is 14.9 Å². The minimum absolute atomic E-state index is 0.187. The van der Waals surface area contributed by atoms with Crippen molar-refractivity contribution in [3.63, 3.8) is 0 Å². The Hall–Kier alpha value is -2.14. The molecule has 2 aromatic rings. The van der Waals surface area contributed by atoms with E-state index in [2.05, 4.69) is 48.8 Å². The topological polar surface area (TPSA) is 52.5 Å². The summed E-state index contributed by atoms with van der Waals surface area (Å²) in [6, 6.07) is 9.63. The van der Waals surface area contributed by atoms with Crippen LogP contribution >= 0.6 is 0 Å². The number of hydrogen-bond acceptors (Lipinski definition) is 5. The summed E-state index contributed by atoms with van der Waals surface area (Å²) in [5.41, 5.74) is 6.26. The minimum atomic E-state index is 0.187. The molecule has 184 valence electrons. The van der Waals surface area contributed by atoms with E-state index in [0.717, 1.165) is 23.9 Å². The molecule has 5 fully saturated rings. The van der Waals surface area contributed by atoms with Crippen LogP contribution in [-0.2, 0) is 11.8 Å². The highest BCUT2D eigenvalue weighted by Crippen LogP contribution is 2.75. The van der Waals surface area contributed by atoms with Crippen LogP contribution in [0, 0.1) is 36.5 Å². The van der Waals surface area contributed by atoms with Gasteiger partial charge in [0.15, 0.2) is 0 Å². The molecular formula is C30H38N4O. The number of anilines is 1. The van der Waals surface area contributed by atoms with E-state index in [1.165, 1.54) is 69.2 Å². The number of aromatic hydroxyl groups is 1. The van der Waals surface area contributed by atoms with Crippen molar-refractivity contribution in [2.45, 2.75) is 83.2 Å². The number of phenols is 1. The predicted molar refractivity (Wildman–Crippen MR) is 137 cm³/mol. The number of rotatable bonds is 3. The van der Waals surface area contributed by atoms with Crippen molar-refractivity contribution < 1.29 is 5.11 Å². The highest BCUT2D eigenvalue weighted by Gasteiger charge is 2.76. The van der Waals surface area contributed by atoms with E-state index in [4.69, 9.17) is 9.97 Å². The van der Waals surface area contributed by atoms with E-state index in [9.17, 15) is 5.11 Å². The van der Waals surface area contributed by atoms with Crippen LogP contribution in [0.1, 0.15) is 68.0 Å². The Morgan fingerprint density at radius 1 is 1.06 bits per heavy atom. The normalized spacial score (nSPS) is 39.9. The Balaban J connectivity index is 1.27. The van der Waals surface area contributed by atoms with Crippen LogP contribution in [0.25, 0.3) is 0 Å². The van der Waals surface area contributed by atoms with Gasteiger partial charge >= 0.3 is 0 Å². The molecule has 1 N–H and O–H groups in total. The molecule has 1 aromatic heterocycles. The van der Waals surface area contributed by atoms with Gasteiger partial charge in [0.2, 0.25) is 5.95 Å². The number of piperidine rings is 1. The number of benzene rings is 1. The van der Waals surface area contributed by atoms with Gasteiger partial charge in [-0.25, -0.2) is 9.97 Å². The summed E-state index contributed by atoms with van der Waals surface area (Å²) >= 11 is 0. The van der Waals surface area contributed by atoms with Gasteiger partial charge in [0.25, 0.3) is 0 Å². The molecule has 2 unspecified atom stereocenters. The maximum atomic E-state index is 10.7. The summed E-state index contributed by atoms with van der Waals surface area (Å²) in [6.07, 6.45) is 9.11. The third-order valence-electron chi connectivity index (χ3n) is 11.5. The minimum Gasteiger partial charge on any atom is -0.508 e. The molecule has 5 heteroatoms. The van der Waals surface area contributed by atoms with Crippen LogP contribution in [0.2, 0.25) is 0 Å². The second kappa shape index (κ2) is 6.59. The summed E-state index contributed by atoms with van der Waals surface area (Å²) in [5.74, 6) is 2.74. The molecule has 3 saturated carbocycles. The lowest BCUT2D eigenvalue weighted by molar-refractivity contribution is -0.0955. The highest BCUT2D eigenvalue weighted by atomic mass is 16.3. The Morgan fingerprint density at radius 3 is 2.63 bits per heavy atom. The van der Waals surface area contributed by atoms with Gasteiger partial charge in [0.05, 0.1) is 0 Å². The summed E-state index contributed by atoms with van der Waals surface area (Å²) in [6.45, 7) is 10.3. The quantitative estimate of drug-likeness (QED) is 0.700. The van der Waals surface area contributed by atoms with E-state index in [-0.39, 0.29) is 5.41 Å². The summed E-state index contributed by atoms with van der Waals surface area (Å²) < 4.78 is 0. The number of nitrogens with zero attached hydrogens (tertiary/aromatic N) is 4. The van der Waals surface area contributed by atoms with Crippen molar-refractivity contribution in [2.24, 2.45) is 22.7 Å². The molecule has 2 saturated heterocycles. The zero-order valence-corrected chi connectivity index (χ0v) is 21.4. The summed E-state index contributed by atoms with van der Waals surface area (Å²) in [4.78, 5) is 15.4. The first-order valence-corrected chi connectivity index (χ1v) is 14.0. The number of hydrogen-bond donors (Lipinski definition) is 1. The first-order valence-electron chi connectivity index (χ1n) is 14.0. The van der Waals surface area contributed by atoms with Crippen molar-refractivity contribution in [2.75, 3.05) is 24.5 Å². The van der Waals surface area contributed by atoms with Gasteiger partial charge in [-0.2, -0.15) is 0 Å². The van der Waals surface area contributed by atoms with Crippen LogP contribution in [0.4, 0.5) is 5.95 Å². The average Bonchev–Trinajstić information content (AvgIpc) is 3.34. The van der Waals surface area contributed by atoms with Gasteiger partial charge < -0.3 is 10.0 Å². The average molecular weight is 471 g/mol. The zero-order valence-electron chi connectivity index (χ0n) is 21.4. The molecule has 5 nitrogen and oxygen atoms in total. The van der Waals surface area contributed by atoms with Crippen molar-refractivity contribution >= 4 is 5.95 Å². The maximum Gasteiger partial charge on any atom is 0.226 e. The van der Waals surface area contributed by atoms with Crippen LogP contribution in [0.5, 0.6) is 5.75 Å². The second-order valence-electron chi connectivity index (χ2n) is 13.4. The van der Waals surface area contributed by atoms with Crippen molar-refractivity contribution in [1.29, 1.82) is 0 Å². The SMILES string of the molecule is Cc1cc(C)nc(N2C[C@H]3C[C@@]45CCC2C3[C@@]42CCN(CC3(C)CC3)[C@@H]5Cc3ccc(O)cc32)n1. The van der Waals surface area contributed by atoms with Crippen LogP contribution in [0.3, 0.4) is 0 Å². The van der Waals surface area contributed by atoms with Gasteiger partial charge in [-0.05, 0) is 117 Å². The smallest absolute Gasteiger partial charge is 0.226 e. The molecule has 35 heavy (non-hydrogen) atoms. The summed E-state index contributed by atoms with van der Waals surface area (Å²) in [5, 5.41) is 10.7. The predicted octanol–water partition coefficient (Wildman–Crippen LogP) is 4.77. The Morgan fingerprint density at radius 2 is 1.86 bits per heavy atom. The fraction of sp³-hybridized carbons (Fsp3) is 0.667. The van der Waals surface area contributed by atoms with Gasteiger partial charge in [-0.1, -0.05) is 13.0 Å². The second-order valence-corrected chi connectivity index (χ2v) is 13.4. The number of phenolic OH excluding ortho intramolecular Hbond substituents is 1. The molecule has 0 amide bonds. The molecular weight excluding hydrogens is 432 g/mol. The highest BCUT2D eigenvalue weighted by molar-refractivity contribution is 5.53. The number of likely N-dealkylation sites (tertiary alicyclic amines) is 1. The van der Waals surface area contributed by atoms with E-state index in [1.54, 1.807) is 0 Å². The fourth-order valence-electron chi connectivity index (χ4n) is 10.2. The molecule has 3 heterocycles. The van der Waals surface area contributed by atoms with Crippen LogP contribution < -0.4 is 4.90 Å². The molecule has 0 spiro atoms. The molecule has 4 bridgehead atoms. The van der Waals surface area contributed by atoms with Gasteiger partial charge in [0, 0.05) is 42.0 Å². The van der Waals surface area contributed by atoms with Gasteiger partial charge in [0.1, 0.15) is 5.75 Å². The molecule has 0 radical (unpaired) electrons. The van der Waals surface area contributed by atoms with E-state index < -0.39 is 0 Å². The monoisotopic (exact) mass is 470 g/mol. The lowest BCUT2D eigenvalue weighted by atomic mass is 9.43. The zero-order chi connectivity index (χ0) is 23.7. The molecule has 4 aliphatic carbocycles. The first kappa shape index (κ1) is 21.0. The molecule has 6 atom stereocenters. The lowest BCUT2D eigenvalue weighted by Gasteiger charge is -2.66. The van der Waals surface area contributed by atoms with Crippen molar-refractivity contribution in [3.05, 3.63) is 46.8 Å². The van der Waals surface area contributed by atoms with Crippen molar-refractivity contribution in [3.8, 4) is 5.75 Å². The third kappa shape index (κ3) is 2.58. The maximum absolute atomic E-state index is 10.7. The van der Waals surface area contributed by atoms with Crippen LogP contribution in [0.15, 0.2) is 24.3 Å². The van der Waals surface area contributed by atoms with E-state index in [0.29, 0.717) is 40.5 Å². The number of aryl methyl sites for hydroxylation is 2. The Kier molecular flexibility index (Phi) is 3.95. The van der Waals surface area contributed by atoms with Gasteiger partial charge in [-0.3, -0.25) is 4.90 Å². The van der Waals surface area contributed by atoms with Gasteiger partial charge in [-0.15, -0.1) is 0 Å². The molecule has 6 aliphatic rings. The number of aromatic nitrogens is 2. The summed E-state index contributed by atoms with van der Waals surface area (Å²) in [7, 11) is 0. The molecule has 2 aliphatic heterocycles. The van der Waals surface area contributed by atoms with Crippen LogP contribution in [-0.4, -0.2) is 51.7 Å². The van der Waals surface area contributed by atoms with E-state index >= 15 is 0 Å². The lowest BCUT2D eigenvalue weighted by Crippen LogP contribution is -2.70. The first-order chi connectivity index (χ1) is 16.8. The fourth-order valence-corrected chi connectivity index (χ4v) is 10.2. The Labute approximate surface area is 209 Å².